The summed E-state index contributed by atoms with van der Waals surface area (Å²) in [6, 6.07) is 20.6. The van der Waals surface area contributed by atoms with Crippen molar-refractivity contribution in [1.82, 2.24) is 4.98 Å². The Morgan fingerprint density at radius 3 is 2.54 bits per heavy atom. The number of carbonyl (C=O) groups excluding carboxylic acids is 1. The largest absolute Gasteiger partial charge is 0.483 e. The highest BCUT2D eigenvalue weighted by Gasteiger charge is 2.18. The standard InChI is InChI=1S/C21H19ClN2O2/c1-16-13-18(22)10-11-19(16)26-15-21(25)24(20-9-5-6-12-23-20)14-17-7-3-2-4-8-17/h2-13H,14-15H2,1H3. The van der Waals surface area contributed by atoms with Crippen LogP contribution in [0.15, 0.2) is 72.9 Å². The van der Waals surface area contributed by atoms with Crippen molar-refractivity contribution in [3.05, 3.63) is 89.1 Å². The first kappa shape index (κ1) is 18.0. The SMILES string of the molecule is Cc1cc(Cl)ccc1OCC(=O)N(Cc1ccccc1)c1ccccn1. The van der Waals surface area contributed by atoms with Crippen LogP contribution in [0.3, 0.4) is 0 Å². The van der Waals surface area contributed by atoms with Gasteiger partial charge >= 0.3 is 0 Å². The Morgan fingerprint density at radius 2 is 1.85 bits per heavy atom. The van der Waals surface area contributed by atoms with E-state index in [0.29, 0.717) is 23.1 Å². The second kappa shape index (κ2) is 8.50. The fourth-order valence-corrected chi connectivity index (χ4v) is 2.80. The zero-order valence-corrected chi connectivity index (χ0v) is 15.2. The van der Waals surface area contributed by atoms with Crippen molar-refractivity contribution in [1.29, 1.82) is 0 Å². The van der Waals surface area contributed by atoms with Crippen molar-refractivity contribution in [3.8, 4) is 5.75 Å². The predicted molar refractivity (Wildman–Crippen MR) is 104 cm³/mol. The van der Waals surface area contributed by atoms with Crippen molar-refractivity contribution in [2.75, 3.05) is 11.5 Å². The second-order valence-electron chi connectivity index (χ2n) is 5.85. The highest BCUT2D eigenvalue weighted by molar-refractivity contribution is 6.30. The molecular formula is C21H19ClN2O2. The van der Waals surface area contributed by atoms with Crippen molar-refractivity contribution in [2.45, 2.75) is 13.5 Å². The maximum Gasteiger partial charge on any atom is 0.266 e. The topological polar surface area (TPSA) is 42.4 Å². The van der Waals surface area contributed by atoms with Gasteiger partial charge in [-0.2, -0.15) is 0 Å². The van der Waals surface area contributed by atoms with E-state index in [-0.39, 0.29) is 12.5 Å². The smallest absolute Gasteiger partial charge is 0.266 e. The lowest BCUT2D eigenvalue weighted by atomic mass is 10.2. The summed E-state index contributed by atoms with van der Waals surface area (Å²) >= 11 is 5.96. The zero-order valence-electron chi connectivity index (χ0n) is 14.4. The van der Waals surface area contributed by atoms with Crippen LogP contribution in [-0.4, -0.2) is 17.5 Å². The molecule has 0 bridgehead atoms. The lowest BCUT2D eigenvalue weighted by molar-refractivity contribution is -0.120. The summed E-state index contributed by atoms with van der Waals surface area (Å²) in [5, 5.41) is 0.639. The van der Waals surface area contributed by atoms with Crippen molar-refractivity contribution in [2.24, 2.45) is 0 Å². The zero-order chi connectivity index (χ0) is 18.4. The monoisotopic (exact) mass is 366 g/mol. The van der Waals surface area contributed by atoms with Gasteiger partial charge in [0, 0.05) is 11.2 Å². The molecule has 0 aliphatic carbocycles. The minimum atomic E-state index is -0.165. The molecule has 26 heavy (non-hydrogen) atoms. The number of anilines is 1. The van der Waals surface area contributed by atoms with Gasteiger partial charge in [0.15, 0.2) is 6.61 Å². The molecule has 3 aromatic rings. The Kier molecular flexibility index (Phi) is 5.87. The van der Waals surface area contributed by atoms with E-state index in [1.165, 1.54) is 0 Å². The van der Waals surface area contributed by atoms with Crippen molar-refractivity contribution < 1.29 is 9.53 Å². The van der Waals surface area contributed by atoms with Gasteiger partial charge in [0.1, 0.15) is 11.6 Å². The number of aryl methyl sites for hydroxylation is 1. The van der Waals surface area contributed by atoms with E-state index in [9.17, 15) is 4.79 Å². The third-order valence-electron chi connectivity index (χ3n) is 3.90. The first-order chi connectivity index (χ1) is 12.6. The second-order valence-corrected chi connectivity index (χ2v) is 6.29. The molecule has 4 nitrogen and oxygen atoms in total. The minimum absolute atomic E-state index is 0.0775. The summed E-state index contributed by atoms with van der Waals surface area (Å²) in [5.74, 6) is 1.07. The van der Waals surface area contributed by atoms with Crippen LogP contribution in [0.4, 0.5) is 5.82 Å². The van der Waals surface area contributed by atoms with Crippen LogP contribution in [-0.2, 0) is 11.3 Å². The molecule has 132 valence electrons. The average molecular weight is 367 g/mol. The molecule has 0 radical (unpaired) electrons. The van der Waals surface area contributed by atoms with Gasteiger partial charge in [-0.05, 0) is 48.4 Å². The van der Waals surface area contributed by atoms with Crippen LogP contribution in [0.1, 0.15) is 11.1 Å². The lowest BCUT2D eigenvalue weighted by Gasteiger charge is -2.22. The molecule has 0 N–H and O–H groups in total. The van der Waals surface area contributed by atoms with E-state index in [0.717, 1.165) is 11.1 Å². The molecule has 2 aromatic carbocycles. The first-order valence-electron chi connectivity index (χ1n) is 8.28. The maximum atomic E-state index is 12.8. The van der Waals surface area contributed by atoms with Crippen molar-refractivity contribution in [3.63, 3.8) is 0 Å². The molecule has 0 saturated carbocycles. The Labute approximate surface area is 158 Å². The van der Waals surface area contributed by atoms with Gasteiger partial charge in [0.25, 0.3) is 5.91 Å². The molecular weight excluding hydrogens is 348 g/mol. The molecule has 1 aromatic heterocycles. The van der Waals surface area contributed by atoms with E-state index < -0.39 is 0 Å². The van der Waals surface area contributed by atoms with Gasteiger partial charge in [-0.25, -0.2) is 4.98 Å². The highest BCUT2D eigenvalue weighted by atomic mass is 35.5. The Bertz CT molecular complexity index is 870. The van der Waals surface area contributed by atoms with Crippen molar-refractivity contribution >= 4 is 23.3 Å². The molecule has 3 rings (SSSR count). The molecule has 0 spiro atoms. The predicted octanol–water partition coefficient (Wildman–Crippen LogP) is 4.66. The molecule has 0 unspecified atom stereocenters. The van der Waals surface area contributed by atoms with E-state index >= 15 is 0 Å². The number of ether oxygens (including phenoxy) is 1. The van der Waals surface area contributed by atoms with Crippen LogP contribution < -0.4 is 9.64 Å². The molecule has 0 saturated heterocycles. The fourth-order valence-electron chi connectivity index (χ4n) is 2.57. The molecule has 0 atom stereocenters. The number of pyridine rings is 1. The maximum absolute atomic E-state index is 12.8. The van der Waals surface area contributed by atoms with Crippen LogP contribution in [0, 0.1) is 6.92 Å². The third kappa shape index (κ3) is 4.61. The molecule has 5 heteroatoms. The summed E-state index contributed by atoms with van der Waals surface area (Å²) < 4.78 is 5.72. The van der Waals surface area contributed by atoms with Gasteiger partial charge in [-0.15, -0.1) is 0 Å². The average Bonchev–Trinajstić information content (AvgIpc) is 2.67. The summed E-state index contributed by atoms with van der Waals surface area (Å²) in [6.45, 7) is 2.25. The van der Waals surface area contributed by atoms with Crippen LogP contribution >= 0.6 is 11.6 Å². The number of hydrogen-bond acceptors (Lipinski definition) is 3. The number of aromatic nitrogens is 1. The fraction of sp³-hybridized carbons (Fsp3) is 0.143. The molecule has 0 aliphatic heterocycles. The summed E-state index contributed by atoms with van der Waals surface area (Å²) in [5.41, 5.74) is 1.91. The number of benzene rings is 2. The van der Waals surface area contributed by atoms with E-state index in [2.05, 4.69) is 4.98 Å². The Hall–Kier alpha value is -2.85. The third-order valence-corrected chi connectivity index (χ3v) is 4.13. The van der Waals surface area contributed by atoms with E-state index in [1.807, 2.05) is 61.5 Å². The Balaban J connectivity index is 1.76. The normalized spacial score (nSPS) is 10.4. The summed E-state index contributed by atoms with van der Waals surface area (Å²) in [4.78, 5) is 18.8. The number of carbonyl (C=O) groups is 1. The van der Waals surface area contributed by atoms with Gasteiger partial charge < -0.3 is 4.74 Å². The number of amides is 1. The molecule has 0 fully saturated rings. The van der Waals surface area contributed by atoms with Gasteiger partial charge in [0.05, 0.1) is 6.54 Å². The first-order valence-corrected chi connectivity index (χ1v) is 8.65. The Morgan fingerprint density at radius 1 is 1.08 bits per heavy atom. The van der Waals surface area contributed by atoms with E-state index in [4.69, 9.17) is 16.3 Å². The number of rotatable bonds is 6. The molecule has 0 aliphatic rings. The lowest BCUT2D eigenvalue weighted by Crippen LogP contribution is -2.35. The molecule has 1 amide bonds. The molecule has 1 heterocycles. The van der Waals surface area contributed by atoms with Crippen LogP contribution in [0.5, 0.6) is 5.75 Å². The van der Waals surface area contributed by atoms with E-state index in [1.54, 1.807) is 23.2 Å². The van der Waals surface area contributed by atoms with Gasteiger partial charge in [-0.3, -0.25) is 9.69 Å². The van der Waals surface area contributed by atoms with Crippen LogP contribution in [0.2, 0.25) is 5.02 Å². The summed E-state index contributed by atoms with van der Waals surface area (Å²) in [6.07, 6.45) is 1.67. The highest BCUT2D eigenvalue weighted by Crippen LogP contribution is 2.22. The minimum Gasteiger partial charge on any atom is -0.483 e. The van der Waals surface area contributed by atoms with Gasteiger partial charge in [0.2, 0.25) is 0 Å². The van der Waals surface area contributed by atoms with Gasteiger partial charge in [-0.1, -0.05) is 48.0 Å². The van der Waals surface area contributed by atoms with Crippen LogP contribution in [0.25, 0.3) is 0 Å². The quantitative estimate of drug-likeness (QED) is 0.637. The number of halogens is 1. The number of hydrogen-bond donors (Lipinski definition) is 0. The summed E-state index contributed by atoms with van der Waals surface area (Å²) in [7, 11) is 0. The number of nitrogens with zero attached hydrogens (tertiary/aromatic N) is 2.